The molecule has 1 N–H and O–H groups in total. The smallest absolute Gasteiger partial charge is 0.220 e. The fraction of sp³-hybridized carbons (Fsp3) is 0.148. The molecule has 2 heterocycles. The lowest BCUT2D eigenvalue weighted by Gasteiger charge is -2.12. The number of benzene rings is 3. The minimum absolute atomic E-state index is 0.0404. The van der Waals surface area contributed by atoms with E-state index in [-0.39, 0.29) is 5.91 Å². The minimum atomic E-state index is 0.0404. The normalized spacial score (nSPS) is 11.0. The van der Waals surface area contributed by atoms with Crippen LogP contribution in [0.3, 0.4) is 0 Å². The van der Waals surface area contributed by atoms with Crippen molar-refractivity contribution < 1.29 is 4.79 Å². The Morgan fingerprint density at radius 1 is 0.939 bits per heavy atom. The van der Waals surface area contributed by atoms with E-state index in [0.29, 0.717) is 19.4 Å². The molecule has 0 unspecified atom stereocenters. The third-order valence-electron chi connectivity index (χ3n) is 5.57. The van der Waals surface area contributed by atoms with Crippen LogP contribution in [0.15, 0.2) is 91.3 Å². The van der Waals surface area contributed by atoms with E-state index in [4.69, 9.17) is 0 Å². The van der Waals surface area contributed by atoms with E-state index in [9.17, 15) is 4.79 Å². The van der Waals surface area contributed by atoms with Gasteiger partial charge in [-0.3, -0.25) is 9.48 Å². The topological polar surface area (TPSA) is 59.8 Å². The van der Waals surface area contributed by atoms with Crippen LogP contribution in [0.1, 0.15) is 22.6 Å². The molecule has 0 saturated carbocycles. The molecule has 1 amide bonds. The van der Waals surface area contributed by atoms with Crippen molar-refractivity contribution >= 4 is 27.5 Å². The van der Waals surface area contributed by atoms with Crippen LogP contribution in [0.5, 0.6) is 0 Å². The van der Waals surface area contributed by atoms with Crippen molar-refractivity contribution in [1.82, 2.24) is 20.1 Å². The summed E-state index contributed by atoms with van der Waals surface area (Å²) in [7, 11) is 0. The van der Waals surface area contributed by atoms with Gasteiger partial charge in [-0.2, -0.15) is 5.10 Å². The van der Waals surface area contributed by atoms with E-state index >= 15 is 0 Å². The first-order chi connectivity index (χ1) is 16.2. The molecule has 33 heavy (non-hydrogen) atoms. The van der Waals surface area contributed by atoms with Gasteiger partial charge >= 0.3 is 0 Å². The molecule has 5 nitrogen and oxygen atoms in total. The standard InChI is InChI=1S/C27H24N4OS/c32-26(14-15-27-30-24-8-3-4-9-25(24)33-27)28-18-22-6-1-2-7-23(22)21-12-10-20(11-13-21)19-31-17-5-16-29-31/h1-13,16-17H,14-15,18-19H2,(H,28,32). The van der Waals surface area contributed by atoms with Crippen molar-refractivity contribution in [2.45, 2.75) is 25.9 Å². The van der Waals surface area contributed by atoms with Crippen LogP contribution in [0.2, 0.25) is 0 Å². The van der Waals surface area contributed by atoms with E-state index in [1.54, 1.807) is 17.5 Å². The number of aromatic nitrogens is 3. The van der Waals surface area contributed by atoms with E-state index in [1.807, 2.05) is 47.3 Å². The number of aryl methyl sites for hydroxylation is 1. The number of fused-ring (bicyclic) bond motifs is 1. The molecule has 0 radical (unpaired) electrons. The predicted molar refractivity (Wildman–Crippen MR) is 133 cm³/mol. The summed E-state index contributed by atoms with van der Waals surface area (Å²) in [5.74, 6) is 0.0404. The van der Waals surface area contributed by atoms with Crippen molar-refractivity contribution in [3.63, 3.8) is 0 Å². The maximum atomic E-state index is 12.5. The van der Waals surface area contributed by atoms with Crippen molar-refractivity contribution in [1.29, 1.82) is 0 Å². The third-order valence-corrected chi connectivity index (χ3v) is 6.66. The fourth-order valence-corrected chi connectivity index (χ4v) is 4.82. The molecular formula is C27H24N4OS. The monoisotopic (exact) mass is 452 g/mol. The number of para-hydroxylation sites is 1. The lowest BCUT2D eigenvalue weighted by Crippen LogP contribution is -2.23. The highest BCUT2D eigenvalue weighted by Crippen LogP contribution is 2.25. The molecule has 2 aromatic heterocycles. The Morgan fingerprint density at radius 2 is 1.76 bits per heavy atom. The summed E-state index contributed by atoms with van der Waals surface area (Å²) in [4.78, 5) is 17.1. The van der Waals surface area contributed by atoms with Gasteiger partial charge in [0.15, 0.2) is 0 Å². The van der Waals surface area contributed by atoms with E-state index in [1.165, 1.54) is 5.56 Å². The predicted octanol–water partition coefficient (Wildman–Crippen LogP) is 5.46. The highest BCUT2D eigenvalue weighted by Gasteiger charge is 2.09. The molecule has 0 aliphatic heterocycles. The molecule has 0 aliphatic rings. The second-order valence-corrected chi connectivity index (χ2v) is 9.02. The molecule has 6 heteroatoms. The van der Waals surface area contributed by atoms with Gasteiger partial charge in [-0.15, -0.1) is 11.3 Å². The van der Waals surface area contributed by atoms with Crippen molar-refractivity contribution in [3.05, 3.63) is 107 Å². The van der Waals surface area contributed by atoms with Crippen LogP contribution in [0, 0.1) is 0 Å². The SMILES string of the molecule is O=C(CCc1nc2ccccc2s1)NCc1ccccc1-c1ccc(Cn2cccn2)cc1. The Hall–Kier alpha value is -3.77. The fourth-order valence-electron chi connectivity index (χ4n) is 3.86. The summed E-state index contributed by atoms with van der Waals surface area (Å²) in [5, 5.41) is 8.35. The molecule has 0 atom stereocenters. The largest absolute Gasteiger partial charge is 0.352 e. The number of carbonyl (C=O) groups is 1. The Morgan fingerprint density at radius 3 is 2.58 bits per heavy atom. The highest BCUT2D eigenvalue weighted by atomic mass is 32.1. The molecule has 5 aromatic rings. The second-order valence-electron chi connectivity index (χ2n) is 7.91. The van der Waals surface area contributed by atoms with Crippen molar-refractivity contribution in [2.24, 2.45) is 0 Å². The number of nitrogens with one attached hydrogen (secondary N) is 1. The Labute approximate surface area is 196 Å². The van der Waals surface area contributed by atoms with Gasteiger partial charge in [-0.1, -0.05) is 60.7 Å². The van der Waals surface area contributed by atoms with Crippen LogP contribution in [-0.4, -0.2) is 20.7 Å². The van der Waals surface area contributed by atoms with Crippen LogP contribution in [0.25, 0.3) is 21.3 Å². The number of carbonyl (C=O) groups excluding carboxylic acids is 1. The summed E-state index contributed by atoms with van der Waals surface area (Å²) in [6, 6.07) is 26.7. The number of rotatable bonds is 8. The Kier molecular flexibility index (Phi) is 6.26. The van der Waals surface area contributed by atoms with Gasteiger partial charge in [0, 0.05) is 31.8 Å². The van der Waals surface area contributed by atoms with E-state index in [0.717, 1.165) is 38.5 Å². The quantitative estimate of drug-likeness (QED) is 0.340. The molecule has 0 spiro atoms. The number of nitrogens with zero attached hydrogens (tertiary/aromatic N) is 3. The zero-order valence-electron chi connectivity index (χ0n) is 18.1. The Balaban J connectivity index is 1.20. The summed E-state index contributed by atoms with van der Waals surface area (Å²) < 4.78 is 3.07. The van der Waals surface area contributed by atoms with E-state index < -0.39 is 0 Å². The number of amides is 1. The lowest BCUT2D eigenvalue weighted by atomic mass is 9.98. The van der Waals surface area contributed by atoms with Crippen LogP contribution < -0.4 is 5.32 Å². The van der Waals surface area contributed by atoms with Crippen LogP contribution in [-0.2, 0) is 24.3 Å². The molecule has 0 fully saturated rings. The van der Waals surface area contributed by atoms with Gasteiger partial charge in [0.1, 0.15) is 0 Å². The Bertz CT molecular complexity index is 1320. The average Bonchev–Trinajstić information content (AvgIpc) is 3.51. The summed E-state index contributed by atoms with van der Waals surface area (Å²) in [6.07, 6.45) is 4.84. The summed E-state index contributed by atoms with van der Waals surface area (Å²) in [5.41, 5.74) is 5.57. The molecular weight excluding hydrogens is 428 g/mol. The molecule has 3 aromatic carbocycles. The van der Waals surface area contributed by atoms with Gasteiger partial charge in [0.05, 0.1) is 21.8 Å². The molecule has 0 aliphatic carbocycles. The van der Waals surface area contributed by atoms with Crippen molar-refractivity contribution in [2.75, 3.05) is 0 Å². The van der Waals surface area contributed by atoms with Gasteiger partial charge in [-0.05, 0) is 40.5 Å². The summed E-state index contributed by atoms with van der Waals surface area (Å²) in [6.45, 7) is 1.25. The molecule has 0 bridgehead atoms. The van der Waals surface area contributed by atoms with Crippen molar-refractivity contribution in [3.8, 4) is 11.1 Å². The van der Waals surface area contributed by atoms with Gasteiger partial charge in [0.25, 0.3) is 0 Å². The maximum absolute atomic E-state index is 12.5. The number of hydrogen-bond acceptors (Lipinski definition) is 4. The number of thiazole rings is 1. The average molecular weight is 453 g/mol. The van der Waals surface area contributed by atoms with E-state index in [2.05, 4.69) is 57.9 Å². The first-order valence-electron chi connectivity index (χ1n) is 11.0. The molecule has 5 rings (SSSR count). The molecule has 164 valence electrons. The lowest BCUT2D eigenvalue weighted by molar-refractivity contribution is -0.121. The third kappa shape index (κ3) is 5.18. The van der Waals surface area contributed by atoms with Crippen LogP contribution in [0.4, 0.5) is 0 Å². The second kappa shape index (κ2) is 9.79. The minimum Gasteiger partial charge on any atom is -0.352 e. The first-order valence-corrected chi connectivity index (χ1v) is 11.8. The summed E-state index contributed by atoms with van der Waals surface area (Å²) >= 11 is 1.66. The zero-order valence-corrected chi connectivity index (χ0v) is 19.0. The van der Waals surface area contributed by atoms with Gasteiger partial charge in [-0.25, -0.2) is 4.98 Å². The van der Waals surface area contributed by atoms with Gasteiger partial charge < -0.3 is 5.32 Å². The van der Waals surface area contributed by atoms with Gasteiger partial charge in [0.2, 0.25) is 5.91 Å². The maximum Gasteiger partial charge on any atom is 0.220 e. The number of hydrogen-bond donors (Lipinski definition) is 1. The first kappa shape index (κ1) is 21.1. The zero-order chi connectivity index (χ0) is 22.5. The molecule has 0 saturated heterocycles. The highest BCUT2D eigenvalue weighted by molar-refractivity contribution is 7.18. The van der Waals surface area contributed by atoms with Crippen LogP contribution >= 0.6 is 11.3 Å².